The molecule has 0 saturated carbocycles. The normalized spacial score (nSPS) is 19.5. The van der Waals surface area contributed by atoms with Crippen molar-refractivity contribution in [3.05, 3.63) is 35.9 Å². The maximum absolute atomic E-state index is 12.3. The van der Waals surface area contributed by atoms with Crippen LogP contribution in [0.25, 0.3) is 0 Å². The summed E-state index contributed by atoms with van der Waals surface area (Å²) in [6, 6.07) is 10.0. The van der Waals surface area contributed by atoms with Gasteiger partial charge < -0.3 is 19.1 Å². The first-order chi connectivity index (χ1) is 11.4. The van der Waals surface area contributed by atoms with Crippen molar-refractivity contribution in [1.82, 2.24) is 4.90 Å². The van der Waals surface area contributed by atoms with Crippen LogP contribution >= 0.6 is 0 Å². The summed E-state index contributed by atoms with van der Waals surface area (Å²) in [5.74, 6) is 0. The topological polar surface area (TPSA) is 48.0 Å². The Kier molecular flexibility index (Phi) is 7.06. The molecule has 0 bridgehead atoms. The third-order valence-electron chi connectivity index (χ3n) is 3.67. The summed E-state index contributed by atoms with van der Waals surface area (Å²) < 4.78 is 17.1. The van der Waals surface area contributed by atoms with Crippen LogP contribution in [0.4, 0.5) is 4.79 Å². The predicted molar refractivity (Wildman–Crippen MR) is 92.9 cm³/mol. The fourth-order valence-electron chi connectivity index (χ4n) is 2.52. The standard InChI is InChI=1S/C19H29NO4/c1-19(2,3)24-18(21)20-11-7-8-12-23-17(13-20)15-22-14-16-9-5-4-6-10-16/h4-6,9-10,17H,7-8,11-15H2,1-3H3/t17-/m0/s1. The quantitative estimate of drug-likeness (QED) is 0.843. The zero-order valence-electron chi connectivity index (χ0n) is 15.0. The molecule has 0 N–H and O–H groups in total. The molecule has 1 saturated heterocycles. The highest BCUT2D eigenvalue weighted by Crippen LogP contribution is 2.14. The molecule has 134 valence electrons. The lowest BCUT2D eigenvalue weighted by atomic mass is 10.2. The van der Waals surface area contributed by atoms with E-state index in [0.29, 0.717) is 32.9 Å². The number of ether oxygens (including phenoxy) is 3. The van der Waals surface area contributed by atoms with Crippen molar-refractivity contribution in [3.63, 3.8) is 0 Å². The highest BCUT2D eigenvalue weighted by atomic mass is 16.6. The van der Waals surface area contributed by atoms with E-state index in [1.54, 1.807) is 4.90 Å². The highest BCUT2D eigenvalue weighted by Gasteiger charge is 2.26. The Morgan fingerprint density at radius 1 is 1.25 bits per heavy atom. The van der Waals surface area contributed by atoms with Gasteiger partial charge in [0.05, 0.1) is 25.9 Å². The van der Waals surface area contributed by atoms with Gasteiger partial charge in [0.1, 0.15) is 5.60 Å². The second-order valence-electron chi connectivity index (χ2n) is 7.13. The molecular formula is C19H29NO4. The molecule has 1 aliphatic heterocycles. The number of hydrogen-bond acceptors (Lipinski definition) is 4. The van der Waals surface area contributed by atoms with Crippen LogP contribution in [0.1, 0.15) is 39.2 Å². The average molecular weight is 335 g/mol. The number of benzene rings is 1. The van der Waals surface area contributed by atoms with Crippen LogP contribution in [-0.2, 0) is 20.8 Å². The van der Waals surface area contributed by atoms with E-state index in [1.165, 1.54) is 0 Å². The van der Waals surface area contributed by atoms with Crippen LogP contribution in [0, 0.1) is 0 Å². The van der Waals surface area contributed by atoms with Crippen LogP contribution in [-0.4, -0.2) is 49.0 Å². The van der Waals surface area contributed by atoms with Crippen molar-refractivity contribution >= 4 is 6.09 Å². The largest absolute Gasteiger partial charge is 0.444 e. The minimum atomic E-state index is -0.486. The van der Waals surface area contributed by atoms with E-state index >= 15 is 0 Å². The molecule has 1 atom stereocenters. The zero-order chi connectivity index (χ0) is 17.4. The van der Waals surface area contributed by atoms with E-state index in [0.717, 1.165) is 18.4 Å². The van der Waals surface area contributed by atoms with E-state index in [4.69, 9.17) is 14.2 Å². The van der Waals surface area contributed by atoms with Crippen LogP contribution in [0.15, 0.2) is 30.3 Å². The van der Waals surface area contributed by atoms with Crippen LogP contribution in [0.3, 0.4) is 0 Å². The molecule has 0 aliphatic carbocycles. The Labute approximate surface area is 144 Å². The van der Waals surface area contributed by atoms with Gasteiger partial charge in [-0.1, -0.05) is 30.3 Å². The fraction of sp³-hybridized carbons (Fsp3) is 0.632. The monoisotopic (exact) mass is 335 g/mol. The smallest absolute Gasteiger partial charge is 0.410 e. The van der Waals surface area contributed by atoms with Gasteiger partial charge in [-0.15, -0.1) is 0 Å². The lowest BCUT2D eigenvalue weighted by Gasteiger charge is -2.32. The number of hydrogen-bond donors (Lipinski definition) is 0. The van der Waals surface area contributed by atoms with Crippen molar-refractivity contribution in [2.75, 3.05) is 26.3 Å². The van der Waals surface area contributed by atoms with Crippen LogP contribution in [0.5, 0.6) is 0 Å². The molecule has 1 heterocycles. The van der Waals surface area contributed by atoms with E-state index in [1.807, 2.05) is 51.1 Å². The van der Waals surface area contributed by atoms with Gasteiger partial charge in [0, 0.05) is 13.2 Å². The third-order valence-corrected chi connectivity index (χ3v) is 3.67. The van der Waals surface area contributed by atoms with Crippen molar-refractivity contribution < 1.29 is 19.0 Å². The first kappa shape index (κ1) is 18.7. The van der Waals surface area contributed by atoms with Gasteiger partial charge in [0.15, 0.2) is 0 Å². The third kappa shape index (κ3) is 6.89. The molecule has 5 nitrogen and oxygen atoms in total. The summed E-state index contributed by atoms with van der Waals surface area (Å²) in [5, 5.41) is 0. The maximum atomic E-state index is 12.3. The Morgan fingerprint density at radius 3 is 2.71 bits per heavy atom. The summed E-state index contributed by atoms with van der Waals surface area (Å²) in [7, 11) is 0. The Bertz CT molecular complexity index is 498. The van der Waals surface area contributed by atoms with Crippen molar-refractivity contribution in [1.29, 1.82) is 0 Å². The lowest BCUT2D eigenvalue weighted by Crippen LogP contribution is -2.44. The Hall–Kier alpha value is -1.59. The van der Waals surface area contributed by atoms with Gasteiger partial charge in [0.25, 0.3) is 0 Å². The van der Waals surface area contributed by atoms with E-state index in [-0.39, 0.29) is 12.2 Å². The summed E-state index contributed by atoms with van der Waals surface area (Å²) in [6.45, 7) is 8.57. The maximum Gasteiger partial charge on any atom is 0.410 e. The molecule has 1 aliphatic rings. The molecular weight excluding hydrogens is 306 g/mol. The van der Waals surface area contributed by atoms with Crippen LogP contribution < -0.4 is 0 Å². The van der Waals surface area contributed by atoms with Gasteiger partial charge in [-0.05, 0) is 39.2 Å². The summed E-state index contributed by atoms with van der Waals surface area (Å²) >= 11 is 0. The molecule has 0 spiro atoms. The molecule has 5 heteroatoms. The molecule has 1 fully saturated rings. The van der Waals surface area contributed by atoms with E-state index < -0.39 is 5.60 Å². The summed E-state index contributed by atoms with van der Waals surface area (Å²) in [5.41, 5.74) is 0.645. The minimum absolute atomic E-state index is 0.124. The first-order valence-electron chi connectivity index (χ1n) is 8.65. The Morgan fingerprint density at radius 2 is 2.00 bits per heavy atom. The Balaban J connectivity index is 1.84. The van der Waals surface area contributed by atoms with Crippen molar-refractivity contribution in [2.45, 2.75) is 51.9 Å². The second-order valence-corrected chi connectivity index (χ2v) is 7.13. The average Bonchev–Trinajstić information content (AvgIpc) is 2.48. The molecule has 2 rings (SSSR count). The summed E-state index contributed by atoms with van der Waals surface area (Å²) in [6.07, 6.45) is 1.47. The molecule has 0 unspecified atom stereocenters. The number of carbonyl (C=O) groups is 1. The van der Waals surface area contributed by atoms with Gasteiger partial charge in [-0.2, -0.15) is 0 Å². The molecule has 1 amide bonds. The van der Waals surface area contributed by atoms with Crippen molar-refractivity contribution in [2.24, 2.45) is 0 Å². The van der Waals surface area contributed by atoms with E-state index in [2.05, 4.69) is 0 Å². The zero-order valence-corrected chi connectivity index (χ0v) is 15.0. The first-order valence-corrected chi connectivity index (χ1v) is 8.65. The minimum Gasteiger partial charge on any atom is -0.444 e. The van der Waals surface area contributed by atoms with Crippen molar-refractivity contribution in [3.8, 4) is 0 Å². The highest BCUT2D eigenvalue weighted by molar-refractivity contribution is 5.68. The SMILES string of the molecule is CC(C)(C)OC(=O)N1CCCCO[C@H](COCc2ccccc2)C1. The predicted octanol–water partition coefficient (Wildman–Crippen LogP) is 3.62. The molecule has 0 radical (unpaired) electrons. The number of carbonyl (C=O) groups excluding carboxylic acids is 1. The van der Waals surface area contributed by atoms with Gasteiger partial charge in [-0.25, -0.2) is 4.79 Å². The molecule has 1 aromatic rings. The number of amides is 1. The van der Waals surface area contributed by atoms with E-state index in [9.17, 15) is 4.79 Å². The molecule has 24 heavy (non-hydrogen) atoms. The second kappa shape index (κ2) is 9.04. The number of nitrogens with zero attached hydrogens (tertiary/aromatic N) is 1. The summed E-state index contributed by atoms with van der Waals surface area (Å²) in [4.78, 5) is 14.1. The van der Waals surface area contributed by atoms with Gasteiger partial charge in [0.2, 0.25) is 0 Å². The number of rotatable bonds is 4. The molecule has 0 aromatic heterocycles. The lowest BCUT2D eigenvalue weighted by molar-refractivity contribution is -0.0509. The van der Waals surface area contributed by atoms with Crippen LogP contribution in [0.2, 0.25) is 0 Å². The van der Waals surface area contributed by atoms with Gasteiger partial charge in [-0.3, -0.25) is 0 Å². The molecule has 1 aromatic carbocycles. The van der Waals surface area contributed by atoms with Gasteiger partial charge >= 0.3 is 6.09 Å². The fourth-order valence-corrected chi connectivity index (χ4v) is 2.52.